The van der Waals surface area contributed by atoms with Gasteiger partial charge in [-0.1, -0.05) is 12.1 Å². The van der Waals surface area contributed by atoms with Gasteiger partial charge in [0.2, 0.25) is 0 Å². The summed E-state index contributed by atoms with van der Waals surface area (Å²) < 4.78 is 39.1. The summed E-state index contributed by atoms with van der Waals surface area (Å²) in [6.07, 6.45) is 1.72. The molecule has 4 rings (SSSR count). The zero-order valence-electron chi connectivity index (χ0n) is 19.5. The zero-order valence-corrected chi connectivity index (χ0v) is 19.5. The molecule has 0 spiro atoms. The molecule has 0 aliphatic carbocycles. The topological polar surface area (TPSA) is 62.8 Å². The maximum atomic E-state index is 14.9. The Hall–Kier alpha value is -2.71. The Bertz CT molecular complexity index is 926. The van der Waals surface area contributed by atoms with E-state index in [1.807, 2.05) is 12.1 Å². The summed E-state index contributed by atoms with van der Waals surface area (Å²) in [5.41, 5.74) is 1.72. The van der Waals surface area contributed by atoms with Gasteiger partial charge in [-0.3, -0.25) is 0 Å². The summed E-state index contributed by atoms with van der Waals surface area (Å²) in [5, 5.41) is 5.55. The second-order valence-corrected chi connectivity index (χ2v) is 9.17. The molecule has 0 aromatic heterocycles. The molecule has 2 aliphatic rings. The average molecular weight is 474 g/mol. The lowest BCUT2D eigenvalue weighted by Crippen LogP contribution is -2.58. The summed E-state index contributed by atoms with van der Waals surface area (Å²) in [6.45, 7) is 2.70. The summed E-state index contributed by atoms with van der Waals surface area (Å²) in [5.74, 6) is 0.919. The fourth-order valence-electron chi connectivity index (χ4n) is 4.88. The molecule has 2 aliphatic heterocycles. The highest BCUT2D eigenvalue weighted by molar-refractivity contribution is 5.89. The third-order valence-corrected chi connectivity index (χ3v) is 6.64. The first-order valence-corrected chi connectivity index (χ1v) is 11.9. The third-order valence-electron chi connectivity index (χ3n) is 6.64. The summed E-state index contributed by atoms with van der Waals surface area (Å²) in [6, 6.07) is 12.5. The number of urea groups is 1. The van der Waals surface area contributed by atoms with E-state index in [0.29, 0.717) is 30.5 Å². The number of piperidine rings is 1. The van der Waals surface area contributed by atoms with Gasteiger partial charge in [-0.15, -0.1) is 0 Å². The van der Waals surface area contributed by atoms with Gasteiger partial charge in [-0.05, 0) is 73.7 Å². The first kappa shape index (κ1) is 24.4. The van der Waals surface area contributed by atoms with E-state index >= 15 is 0 Å². The van der Waals surface area contributed by atoms with Crippen LogP contribution in [-0.2, 0) is 11.2 Å². The minimum atomic E-state index is -1.17. The second kappa shape index (κ2) is 11.6. The van der Waals surface area contributed by atoms with Gasteiger partial charge < -0.3 is 25.0 Å². The number of methoxy groups -OCH3 is 1. The van der Waals surface area contributed by atoms with Crippen LogP contribution in [0.4, 0.5) is 19.3 Å². The maximum Gasteiger partial charge on any atom is 0.319 e. The van der Waals surface area contributed by atoms with E-state index in [1.165, 1.54) is 12.1 Å². The number of hydrogen-bond donors (Lipinski definition) is 2. The number of carbonyl (C=O) groups is 1. The Kier molecular flexibility index (Phi) is 8.34. The van der Waals surface area contributed by atoms with E-state index in [2.05, 4.69) is 15.5 Å². The third kappa shape index (κ3) is 6.67. The van der Waals surface area contributed by atoms with Crippen LogP contribution in [0.5, 0.6) is 5.75 Å². The fourth-order valence-corrected chi connectivity index (χ4v) is 4.88. The molecule has 2 aromatic rings. The molecular formula is C26H33F2N3O3. The van der Waals surface area contributed by atoms with Crippen molar-refractivity contribution in [2.24, 2.45) is 5.92 Å². The normalized spacial score (nSPS) is 25.5. The van der Waals surface area contributed by atoms with Crippen molar-refractivity contribution in [2.75, 3.05) is 38.7 Å². The van der Waals surface area contributed by atoms with Gasteiger partial charge >= 0.3 is 6.03 Å². The van der Waals surface area contributed by atoms with E-state index < -0.39 is 24.3 Å². The van der Waals surface area contributed by atoms with Gasteiger partial charge in [0.1, 0.15) is 17.7 Å². The SMILES string of the molecule is COc1ccc(NC(=O)NC2[C@@H](F)CCO[C@@H]2CN2CCCC(Cc3ccc(F)cc3)C2)cc1. The molecule has 2 saturated heterocycles. The number of halogens is 2. The van der Waals surface area contributed by atoms with Crippen LogP contribution >= 0.6 is 0 Å². The van der Waals surface area contributed by atoms with Crippen LogP contribution in [0, 0.1) is 11.7 Å². The number of nitrogens with one attached hydrogen (secondary N) is 2. The predicted molar refractivity (Wildman–Crippen MR) is 127 cm³/mol. The summed E-state index contributed by atoms with van der Waals surface area (Å²) in [4.78, 5) is 14.9. The van der Waals surface area contributed by atoms with Crippen molar-refractivity contribution in [2.45, 2.75) is 44.0 Å². The number of anilines is 1. The Morgan fingerprint density at radius 3 is 2.65 bits per heavy atom. The number of hydrogen-bond acceptors (Lipinski definition) is 4. The highest BCUT2D eigenvalue weighted by Gasteiger charge is 2.37. The van der Waals surface area contributed by atoms with Crippen LogP contribution in [0.2, 0.25) is 0 Å². The minimum absolute atomic E-state index is 0.223. The first-order chi connectivity index (χ1) is 16.5. The number of nitrogens with zero attached hydrogens (tertiary/aromatic N) is 1. The monoisotopic (exact) mass is 473 g/mol. The van der Waals surface area contributed by atoms with Crippen molar-refractivity contribution in [3.8, 4) is 5.75 Å². The number of alkyl halides is 1. The lowest BCUT2D eigenvalue weighted by Gasteiger charge is -2.40. The fraction of sp³-hybridized carbons (Fsp3) is 0.500. The van der Waals surface area contributed by atoms with Crippen LogP contribution in [0.25, 0.3) is 0 Å². The quantitative estimate of drug-likeness (QED) is 0.626. The first-order valence-electron chi connectivity index (χ1n) is 11.9. The smallest absolute Gasteiger partial charge is 0.319 e. The van der Waals surface area contributed by atoms with E-state index in [1.54, 1.807) is 31.4 Å². The molecule has 34 heavy (non-hydrogen) atoms. The van der Waals surface area contributed by atoms with Crippen LogP contribution < -0.4 is 15.4 Å². The molecule has 0 radical (unpaired) electrons. The molecule has 2 amide bonds. The lowest BCUT2D eigenvalue weighted by atomic mass is 9.90. The molecule has 2 unspecified atom stereocenters. The second-order valence-electron chi connectivity index (χ2n) is 9.17. The summed E-state index contributed by atoms with van der Waals surface area (Å²) in [7, 11) is 1.58. The Labute approximate surface area is 199 Å². The highest BCUT2D eigenvalue weighted by atomic mass is 19.1. The van der Waals surface area contributed by atoms with Crippen molar-refractivity contribution >= 4 is 11.7 Å². The molecule has 184 valence electrons. The number of amides is 2. The Morgan fingerprint density at radius 1 is 1.15 bits per heavy atom. The molecular weight excluding hydrogens is 440 g/mol. The van der Waals surface area contributed by atoms with Crippen LogP contribution in [0.1, 0.15) is 24.8 Å². The predicted octanol–water partition coefficient (Wildman–Crippen LogP) is 4.41. The molecule has 2 fully saturated rings. The van der Waals surface area contributed by atoms with Crippen LogP contribution in [0.15, 0.2) is 48.5 Å². The molecule has 0 bridgehead atoms. The average Bonchev–Trinajstić information content (AvgIpc) is 2.83. The van der Waals surface area contributed by atoms with E-state index in [-0.39, 0.29) is 12.2 Å². The lowest BCUT2D eigenvalue weighted by molar-refractivity contribution is -0.0599. The van der Waals surface area contributed by atoms with Crippen LogP contribution in [0.3, 0.4) is 0 Å². The van der Waals surface area contributed by atoms with Crippen molar-refractivity contribution in [3.05, 3.63) is 59.9 Å². The zero-order chi connectivity index (χ0) is 23.9. The molecule has 4 atom stereocenters. The molecule has 6 nitrogen and oxygen atoms in total. The van der Waals surface area contributed by atoms with Crippen molar-refractivity contribution in [1.82, 2.24) is 10.2 Å². The van der Waals surface area contributed by atoms with Gasteiger partial charge in [0.05, 0.1) is 19.3 Å². The van der Waals surface area contributed by atoms with Crippen molar-refractivity contribution in [1.29, 1.82) is 0 Å². The molecule has 2 aromatic carbocycles. The van der Waals surface area contributed by atoms with Gasteiger partial charge in [0.15, 0.2) is 0 Å². The molecule has 2 N–H and O–H groups in total. The standard InChI is InChI=1S/C26H33F2N3O3/c1-33-22-10-8-21(9-11-22)29-26(32)30-25-23(28)12-14-34-24(25)17-31-13-2-3-19(16-31)15-18-4-6-20(27)7-5-18/h4-11,19,23-25H,2-3,12-17H2,1H3,(H2,29,30,32)/t19?,23-,24+,25?/m0/s1. The largest absolute Gasteiger partial charge is 0.497 e. The van der Waals surface area contributed by atoms with Gasteiger partial charge in [0, 0.05) is 31.8 Å². The maximum absolute atomic E-state index is 14.9. The van der Waals surface area contributed by atoms with Gasteiger partial charge in [0.25, 0.3) is 0 Å². The van der Waals surface area contributed by atoms with Crippen LogP contribution in [-0.4, -0.2) is 62.6 Å². The molecule has 0 saturated carbocycles. The molecule has 2 heterocycles. The Balaban J connectivity index is 1.32. The number of rotatable bonds is 7. The van der Waals surface area contributed by atoms with Gasteiger partial charge in [-0.25, -0.2) is 13.6 Å². The minimum Gasteiger partial charge on any atom is -0.497 e. The number of likely N-dealkylation sites (tertiary alicyclic amines) is 1. The summed E-state index contributed by atoms with van der Waals surface area (Å²) >= 11 is 0. The van der Waals surface area contributed by atoms with Crippen molar-refractivity contribution in [3.63, 3.8) is 0 Å². The van der Waals surface area contributed by atoms with E-state index in [9.17, 15) is 13.6 Å². The van der Waals surface area contributed by atoms with Gasteiger partial charge in [-0.2, -0.15) is 0 Å². The van der Waals surface area contributed by atoms with Crippen molar-refractivity contribution < 1.29 is 23.0 Å². The van der Waals surface area contributed by atoms with E-state index in [4.69, 9.17) is 9.47 Å². The number of carbonyl (C=O) groups excluding carboxylic acids is 1. The Morgan fingerprint density at radius 2 is 1.91 bits per heavy atom. The van der Waals surface area contributed by atoms with E-state index in [0.717, 1.165) is 37.9 Å². The molecule has 8 heteroatoms. The number of ether oxygens (including phenoxy) is 2. The number of benzene rings is 2. The highest BCUT2D eigenvalue weighted by Crippen LogP contribution is 2.25.